The average molecular weight is 550 g/mol. The number of nitrogens with zero attached hydrogens (tertiary/aromatic N) is 5. The Bertz CT molecular complexity index is 705. The predicted molar refractivity (Wildman–Crippen MR) is 120 cm³/mol. The molecular weight excluding hydrogens is 525 g/mol. The van der Waals surface area contributed by atoms with Gasteiger partial charge in [-0.1, -0.05) is 33.3 Å². The summed E-state index contributed by atoms with van der Waals surface area (Å²) in [5.74, 6) is 0.604. The van der Waals surface area contributed by atoms with Gasteiger partial charge in [0.25, 0.3) is 0 Å². The summed E-state index contributed by atoms with van der Waals surface area (Å²) >= 11 is 3.42. The summed E-state index contributed by atoms with van der Waals surface area (Å²) in [7, 11) is 3.46. The molecule has 0 bridgehead atoms. The highest BCUT2D eigenvalue weighted by atomic mass is 127. The highest BCUT2D eigenvalue weighted by Crippen LogP contribution is 2.11. The Labute approximate surface area is 184 Å². The third-order valence-corrected chi connectivity index (χ3v) is 4.10. The zero-order valence-electron chi connectivity index (χ0n) is 15.4. The van der Waals surface area contributed by atoms with E-state index in [2.05, 4.69) is 41.9 Å². The molecule has 2 aromatic rings. The Balaban J connectivity index is 0.00000364. The molecule has 2 rings (SSSR count). The van der Waals surface area contributed by atoms with E-state index in [1.54, 1.807) is 29.9 Å². The van der Waals surface area contributed by atoms with Crippen molar-refractivity contribution in [1.82, 2.24) is 30.5 Å². The number of hydrogen-bond acceptors (Lipinski definition) is 4. The van der Waals surface area contributed by atoms with Gasteiger partial charge in [-0.15, -0.1) is 29.1 Å². The SMILES string of the molecule is CN(C)C(=O)CNC(=NCc1ccc(Br)cc1)NCCCn1ccnn1.I. The fourth-order valence-corrected chi connectivity index (χ4v) is 2.32. The number of benzene rings is 1. The highest BCUT2D eigenvalue weighted by Gasteiger charge is 2.06. The van der Waals surface area contributed by atoms with Crippen molar-refractivity contribution in [2.45, 2.75) is 19.5 Å². The largest absolute Gasteiger partial charge is 0.356 e. The molecule has 0 saturated carbocycles. The Hall–Kier alpha value is -1.69. The lowest BCUT2D eigenvalue weighted by atomic mass is 10.2. The standard InChI is InChI=1S/C17H24BrN7O.HI/c1-24(2)16(26)13-21-17(19-8-3-10-25-11-9-22-23-25)20-12-14-4-6-15(18)7-5-14;/h4-7,9,11H,3,8,10,12-13H2,1-2H3,(H2,19,20,21);1H. The van der Waals surface area contributed by atoms with Crippen LogP contribution in [0.4, 0.5) is 0 Å². The van der Waals surface area contributed by atoms with Crippen molar-refractivity contribution in [2.75, 3.05) is 27.2 Å². The second-order valence-electron chi connectivity index (χ2n) is 5.88. The zero-order valence-corrected chi connectivity index (χ0v) is 19.3. The molecule has 8 nitrogen and oxygen atoms in total. The first-order valence-electron chi connectivity index (χ1n) is 8.35. The summed E-state index contributed by atoms with van der Waals surface area (Å²) < 4.78 is 2.81. The molecule has 148 valence electrons. The molecule has 0 aliphatic carbocycles. The quantitative estimate of drug-likeness (QED) is 0.227. The lowest BCUT2D eigenvalue weighted by Crippen LogP contribution is -2.43. The summed E-state index contributed by atoms with van der Waals surface area (Å²) in [6, 6.07) is 8.00. The van der Waals surface area contributed by atoms with Crippen LogP contribution in [0.5, 0.6) is 0 Å². The second-order valence-corrected chi connectivity index (χ2v) is 6.80. The van der Waals surface area contributed by atoms with E-state index < -0.39 is 0 Å². The van der Waals surface area contributed by atoms with Crippen LogP contribution >= 0.6 is 39.9 Å². The van der Waals surface area contributed by atoms with E-state index in [0.29, 0.717) is 19.0 Å². The van der Waals surface area contributed by atoms with Gasteiger partial charge in [0, 0.05) is 37.9 Å². The van der Waals surface area contributed by atoms with Crippen molar-refractivity contribution >= 4 is 51.8 Å². The van der Waals surface area contributed by atoms with Crippen molar-refractivity contribution < 1.29 is 4.79 Å². The number of guanidine groups is 1. The van der Waals surface area contributed by atoms with Gasteiger partial charge in [-0.05, 0) is 24.1 Å². The van der Waals surface area contributed by atoms with Crippen LogP contribution < -0.4 is 10.6 Å². The van der Waals surface area contributed by atoms with Gasteiger partial charge >= 0.3 is 0 Å². The molecule has 0 spiro atoms. The summed E-state index contributed by atoms with van der Waals surface area (Å²) in [5.41, 5.74) is 1.09. The molecule has 2 N–H and O–H groups in total. The summed E-state index contributed by atoms with van der Waals surface area (Å²) in [4.78, 5) is 17.9. The van der Waals surface area contributed by atoms with E-state index in [1.807, 2.05) is 30.5 Å². The van der Waals surface area contributed by atoms with Crippen LogP contribution in [0.25, 0.3) is 0 Å². The van der Waals surface area contributed by atoms with Crippen molar-refractivity contribution in [1.29, 1.82) is 0 Å². The third-order valence-electron chi connectivity index (χ3n) is 3.57. The molecule has 1 aromatic heterocycles. The van der Waals surface area contributed by atoms with E-state index in [1.165, 1.54) is 0 Å². The molecule has 1 amide bonds. The van der Waals surface area contributed by atoms with Gasteiger partial charge in [0.05, 0.1) is 19.3 Å². The molecule has 1 heterocycles. The second kappa shape index (κ2) is 12.7. The van der Waals surface area contributed by atoms with Crippen LogP contribution in [0.15, 0.2) is 46.1 Å². The minimum absolute atomic E-state index is 0. The van der Waals surface area contributed by atoms with E-state index in [-0.39, 0.29) is 36.4 Å². The minimum atomic E-state index is -0.00856. The van der Waals surface area contributed by atoms with Gasteiger partial charge in [0.15, 0.2) is 5.96 Å². The highest BCUT2D eigenvalue weighted by molar-refractivity contribution is 14.0. The van der Waals surface area contributed by atoms with Crippen LogP contribution in [0.3, 0.4) is 0 Å². The molecule has 0 unspecified atom stereocenters. The normalized spacial score (nSPS) is 10.9. The fourth-order valence-electron chi connectivity index (χ4n) is 2.05. The number of likely N-dealkylation sites (N-methyl/N-ethyl adjacent to an activating group) is 1. The first kappa shape index (κ1) is 23.3. The van der Waals surface area contributed by atoms with Crippen molar-refractivity contribution in [3.8, 4) is 0 Å². The summed E-state index contributed by atoms with van der Waals surface area (Å²) in [6.07, 6.45) is 4.35. The third kappa shape index (κ3) is 9.18. The number of aromatic nitrogens is 3. The molecule has 0 aliphatic rings. The lowest BCUT2D eigenvalue weighted by Gasteiger charge is -2.15. The number of carbonyl (C=O) groups excluding carboxylic acids is 1. The maximum absolute atomic E-state index is 11.8. The smallest absolute Gasteiger partial charge is 0.241 e. The number of carbonyl (C=O) groups is 1. The number of amides is 1. The molecule has 0 atom stereocenters. The molecule has 0 saturated heterocycles. The summed E-state index contributed by atoms with van der Waals surface area (Å²) in [6.45, 7) is 2.20. The van der Waals surface area contributed by atoms with Crippen LogP contribution in [0.1, 0.15) is 12.0 Å². The van der Waals surface area contributed by atoms with Gasteiger partial charge in [-0.3, -0.25) is 9.48 Å². The number of rotatable bonds is 8. The van der Waals surface area contributed by atoms with Crippen molar-refractivity contribution in [3.63, 3.8) is 0 Å². The zero-order chi connectivity index (χ0) is 18.8. The van der Waals surface area contributed by atoms with Gasteiger partial charge in [0.2, 0.25) is 5.91 Å². The first-order chi connectivity index (χ1) is 12.5. The number of hydrogen-bond donors (Lipinski definition) is 2. The van der Waals surface area contributed by atoms with Crippen LogP contribution in [0.2, 0.25) is 0 Å². The number of aryl methyl sites for hydroxylation is 1. The number of nitrogens with one attached hydrogen (secondary N) is 2. The molecule has 0 aliphatic heterocycles. The predicted octanol–water partition coefficient (Wildman–Crippen LogP) is 1.87. The Morgan fingerprint density at radius 2 is 2.00 bits per heavy atom. The molecular formula is C17H25BrIN7O. The Morgan fingerprint density at radius 1 is 1.26 bits per heavy atom. The van der Waals surface area contributed by atoms with E-state index >= 15 is 0 Å². The van der Waals surface area contributed by atoms with Gasteiger partial charge in [0.1, 0.15) is 0 Å². The Kier molecular flexibility index (Phi) is 10.9. The van der Waals surface area contributed by atoms with E-state index in [9.17, 15) is 4.79 Å². The molecule has 0 radical (unpaired) electrons. The van der Waals surface area contributed by atoms with E-state index in [0.717, 1.165) is 23.0 Å². The Morgan fingerprint density at radius 3 is 2.63 bits per heavy atom. The fraction of sp³-hybridized carbons (Fsp3) is 0.412. The van der Waals surface area contributed by atoms with Crippen LogP contribution in [-0.2, 0) is 17.9 Å². The van der Waals surface area contributed by atoms with Crippen LogP contribution in [-0.4, -0.2) is 58.9 Å². The van der Waals surface area contributed by atoms with E-state index in [4.69, 9.17) is 0 Å². The topological polar surface area (TPSA) is 87.4 Å². The molecule has 27 heavy (non-hydrogen) atoms. The van der Waals surface area contributed by atoms with Gasteiger partial charge < -0.3 is 15.5 Å². The maximum atomic E-state index is 11.8. The molecule has 10 heteroatoms. The minimum Gasteiger partial charge on any atom is -0.356 e. The van der Waals surface area contributed by atoms with Gasteiger partial charge in [-0.2, -0.15) is 0 Å². The van der Waals surface area contributed by atoms with Crippen molar-refractivity contribution in [2.24, 2.45) is 4.99 Å². The van der Waals surface area contributed by atoms with Crippen molar-refractivity contribution in [3.05, 3.63) is 46.7 Å². The molecule has 1 aromatic carbocycles. The monoisotopic (exact) mass is 549 g/mol. The maximum Gasteiger partial charge on any atom is 0.241 e. The van der Waals surface area contributed by atoms with Gasteiger partial charge in [-0.25, -0.2) is 4.99 Å². The molecule has 0 fully saturated rings. The summed E-state index contributed by atoms with van der Waals surface area (Å²) in [5, 5.41) is 14.1. The lowest BCUT2D eigenvalue weighted by molar-refractivity contribution is -0.127. The number of aliphatic imine (C=N–C) groups is 1. The van der Waals surface area contributed by atoms with Crippen LogP contribution in [0, 0.1) is 0 Å². The number of halogens is 2. The average Bonchev–Trinajstić information content (AvgIpc) is 3.14. The first-order valence-corrected chi connectivity index (χ1v) is 9.15.